The molecule has 0 bridgehead atoms. The number of methoxy groups -OCH3 is 1. The van der Waals surface area contributed by atoms with Crippen LogP contribution in [0, 0.1) is 5.41 Å². The largest absolute Gasteiger partial charge is 0.399 e. The number of benzene rings is 1. The first-order chi connectivity index (χ1) is 10.0. The summed E-state index contributed by atoms with van der Waals surface area (Å²) in [4.78, 5) is 2.37. The molecule has 2 heterocycles. The SMILES string of the molecule is COCC1(C)CCN(c2nn(C)c3ccc(N)cc23)CC1. The Morgan fingerprint density at radius 2 is 2.05 bits per heavy atom. The molecule has 114 valence electrons. The molecule has 2 N–H and O–H groups in total. The second kappa shape index (κ2) is 5.22. The fraction of sp³-hybridized carbons (Fsp3) is 0.562. The minimum Gasteiger partial charge on any atom is -0.399 e. The van der Waals surface area contributed by atoms with Gasteiger partial charge in [0.05, 0.1) is 12.1 Å². The topological polar surface area (TPSA) is 56.3 Å². The molecule has 1 aromatic heterocycles. The number of aromatic nitrogens is 2. The molecule has 3 rings (SSSR count). The van der Waals surface area contributed by atoms with Crippen molar-refractivity contribution in [3.8, 4) is 0 Å². The molecule has 5 heteroatoms. The highest BCUT2D eigenvalue weighted by atomic mass is 16.5. The first-order valence-electron chi connectivity index (χ1n) is 7.48. The highest BCUT2D eigenvalue weighted by Crippen LogP contribution is 2.35. The summed E-state index contributed by atoms with van der Waals surface area (Å²) in [6.45, 7) is 5.17. The van der Waals surface area contributed by atoms with Gasteiger partial charge in [0.25, 0.3) is 0 Å². The van der Waals surface area contributed by atoms with Crippen LogP contribution in [0.25, 0.3) is 10.9 Å². The normalized spacial score (nSPS) is 18.3. The second-order valence-electron chi connectivity index (χ2n) is 6.45. The van der Waals surface area contributed by atoms with Gasteiger partial charge in [-0.1, -0.05) is 6.92 Å². The molecule has 21 heavy (non-hydrogen) atoms. The lowest BCUT2D eigenvalue weighted by Crippen LogP contribution is -2.41. The van der Waals surface area contributed by atoms with E-state index >= 15 is 0 Å². The number of piperidine rings is 1. The van der Waals surface area contributed by atoms with Crippen LogP contribution < -0.4 is 10.6 Å². The van der Waals surface area contributed by atoms with Crippen molar-refractivity contribution in [3.05, 3.63) is 18.2 Å². The minimum atomic E-state index is 0.287. The average Bonchev–Trinajstić information content (AvgIpc) is 2.76. The number of hydrogen-bond donors (Lipinski definition) is 1. The number of nitrogens with two attached hydrogens (primary N) is 1. The highest BCUT2D eigenvalue weighted by molar-refractivity contribution is 5.92. The number of hydrogen-bond acceptors (Lipinski definition) is 4. The number of nitrogen functional groups attached to an aromatic ring is 1. The first-order valence-corrected chi connectivity index (χ1v) is 7.48. The number of fused-ring (bicyclic) bond motifs is 1. The summed E-state index contributed by atoms with van der Waals surface area (Å²) in [6.07, 6.45) is 2.25. The third kappa shape index (κ3) is 2.58. The second-order valence-corrected chi connectivity index (χ2v) is 6.45. The zero-order chi connectivity index (χ0) is 15.0. The molecule has 1 fully saturated rings. The van der Waals surface area contributed by atoms with E-state index in [0.717, 1.165) is 54.9 Å². The highest BCUT2D eigenvalue weighted by Gasteiger charge is 2.31. The third-order valence-electron chi connectivity index (χ3n) is 4.62. The third-order valence-corrected chi connectivity index (χ3v) is 4.62. The lowest BCUT2D eigenvalue weighted by atomic mass is 9.81. The molecule has 0 atom stereocenters. The molecule has 0 aliphatic carbocycles. The lowest BCUT2D eigenvalue weighted by molar-refractivity contribution is 0.0730. The standard InChI is InChI=1S/C16H24N4O/c1-16(11-21-3)6-8-20(9-7-16)15-13-10-12(17)4-5-14(13)19(2)18-15/h4-5,10H,6-9,11,17H2,1-3H3. The zero-order valence-corrected chi connectivity index (χ0v) is 13.1. The van der Waals surface area contributed by atoms with E-state index in [9.17, 15) is 0 Å². The van der Waals surface area contributed by atoms with E-state index in [-0.39, 0.29) is 5.41 Å². The molecule has 0 spiro atoms. The molecule has 1 aliphatic rings. The number of rotatable bonds is 3. The van der Waals surface area contributed by atoms with Gasteiger partial charge in [0.2, 0.25) is 0 Å². The molecule has 1 aliphatic heterocycles. The van der Waals surface area contributed by atoms with Crippen molar-refractivity contribution in [2.75, 3.05) is 37.4 Å². The fourth-order valence-corrected chi connectivity index (χ4v) is 3.25. The number of aryl methyl sites for hydroxylation is 1. The van der Waals surface area contributed by atoms with Gasteiger partial charge < -0.3 is 15.4 Å². The van der Waals surface area contributed by atoms with Crippen LogP contribution in [0.2, 0.25) is 0 Å². The maximum Gasteiger partial charge on any atom is 0.158 e. The van der Waals surface area contributed by atoms with Gasteiger partial charge in [-0.25, -0.2) is 0 Å². The van der Waals surface area contributed by atoms with Crippen molar-refractivity contribution >= 4 is 22.4 Å². The van der Waals surface area contributed by atoms with Gasteiger partial charge in [0.15, 0.2) is 5.82 Å². The molecule has 0 amide bonds. The molecule has 0 radical (unpaired) electrons. The van der Waals surface area contributed by atoms with Crippen LogP contribution in [0.15, 0.2) is 18.2 Å². The van der Waals surface area contributed by atoms with E-state index < -0.39 is 0 Å². The van der Waals surface area contributed by atoms with Crippen molar-refractivity contribution in [2.24, 2.45) is 12.5 Å². The minimum absolute atomic E-state index is 0.287. The van der Waals surface area contributed by atoms with Crippen LogP contribution in [-0.2, 0) is 11.8 Å². The van der Waals surface area contributed by atoms with Gasteiger partial charge in [-0.15, -0.1) is 0 Å². The van der Waals surface area contributed by atoms with Crippen LogP contribution in [-0.4, -0.2) is 36.6 Å². The van der Waals surface area contributed by atoms with E-state index in [0.29, 0.717) is 0 Å². The van der Waals surface area contributed by atoms with Crippen molar-refractivity contribution < 1.29 is 4.74 Å². The molecular formula is C16H24N4O. The van der Waals surface area contributed by atoms with E-state index in [1.807, 2.05) is 29.9 Å². The summed E-state index contributed by atoms with van der Waals surface area (Å²) in [5.74, 6) is 1.05. The molecule has 5 nitrogen and oxygen atoms in total. The van der Waals surface area contributed by atoms with Crippen LogP contribution in [0.1, 0.15) is 19.8 Å². The molecule has 0 unspecified atom stereocenters. The summed E-state index contributed by atoms with van der Waals surface area (Å²) < 4.78 is 7.30. The Kier molecular flexibility index (Phi) is 3.53. The lowest BCUT2D eigenvalue weighted by Gasteiger charge is -2.39. The Balaban J connectivity index is 1.87. The van der Waals surface area contributed by atoms with Gasteiger partial charge in [0.1, 0.15) is 0 Å². The summed E-state index contributed by atoms with van der Waals surface area (Å²) in [5.41, 5.74) is 8.15. The zero-order valence-electron chi connectivity index (χ0n) is 13.1. The number of ether oxygens (including phenoxy) is 1. The van der Waals surface area contributed by atoms with Crippen LogP contribution in [0.4, 0.5) is 11.5 Å². The Morgan fingerprint density at radius 3 is 2.71 bits per heavy atom. The van der Waals surface area contributed by atoms with Crippen LogP contribution >= 0.6 is 0 Å². The summed E-state index contributed by atoms with van der Waals surface area (Å²) >= 11 is 0. The van der Waals surface area contributed by atoms with Crippen molar-refractivity contribution in [1.29, 1.82) is 0 Å². The van der Waals surface area contributed by atoms with Crippen LogP contribution in [0.3, 0.4) is 0 Å². The Labute approximate surface area is 125 Å². The van der Waals surface area contributed by atoms with E-state index in [2.05, 4.69) is 11.8 Å². The number of anilines is 2. The Hall–Kier alpha value is -1.75. The van der Waals surface area contributed by atoms with Gasteiger partial charge in [-0.2, -0.15) is 5.10 Å². The summed E-state index contributed by atoms with van der Waals surface area (Å²) in [7, 11) is 3.77. The van der Waals surface area contributed by atoms with Crippen molar-refractivity contribution in [1.82, 2.24) is 9.78 Å². The van der Waals surface area contributed by atoms with Gasteiger partial charge >= 0.3 is 0 Å². The quantitative estimate of drug-likeness (QED) is 0.881. The van der Waals surface area contributed by atoms with Crippen LogP contribution in [0.5, 0.6) is 0 Å². The molecule has 2 aromatic rings. The van der Waals surface area contributed by atoms with Gasteiger partial charge in [0, 0.05) is 38.3 Å². The monoisotopic (exact) mass is 288 g/mol. The molecule has 1 saturated heterocycles. The maximum absolute atomic E-state index is 5.94. The van der Waals surface area contributed by atoms with Gasteiger partial charge in [-0.3, -0.25) is 4.68 Å². The number of nitrogens with zero attached hydrogens (tertiary/aromatic N) is 3. The molecule has 1 aromatic carbocycles. The predicted octanol–water partition coefficient (Wildman–Crippen LogP) is 2.41. The summed E-state index contributed by atoms with van der Waals surface area (Å²) in [6, 6.07) is 6.00. The smallest absolute Gasteiger partial charge is 0.158 e. The molecular weight excluding hydrogens is 264 g/mol. The first kappa shape index (κ1) is 14.2. The van der Waals surface area contributed by atoms with Crippen molar-refractivity contribution in [2.45, 2.75) is 19.8 Å². The Morgan fingerprint density at radius 1 is 1.33 bits per heavy atom. The van der Waals surface area contributed by atoms with Crippen molar-refractivity contribution in [3.63, 3.8) is 0 Å². The molecule has 0 saturated carbocycles. The average molecular weight is 288 g/mol. The Bertz CT molecular complexity index is 641. The maximum atomic E-state index is 5.94. The fourth-order valence-electron chi connectivity index (χ4n) is 3.25. The predicted molar refractivity (Wildman–Crippen MR) is 86.6 cm³/mol. The van der Waals surface area contributed by atoms with E-state index in [1.54, 1.807) is 7.11 Å². The summed E-state index contributed by atoms with van der Waals surface area (Å²) in [5, 5.41) is 5.85. The van der Waals surface area contributed by atoms with E-state index in [1.165, 1.54) is 0 Å². The van der Waals surface area contributed by atoms with Gasteiger partial charge in [-0.05, 0) is 36.5 Å². The van der Waals surface area contributed by atoms with E-state index in [4.69, 9.17) is 15.6 Å².